The number of allylic oxidation sites excluding steroid dienone is 1. The molecule has 1 radical (unpaired) electrons. The van der Waals surface area contributed by atoms with E-state index >= 15 is 0 Å². The van der Waals surface area contributed by atoms with Crippen LogP contribution in [0.2, 0.25) is 11.1 Å². The van der Waals surface area contributed by atoms with E-state index in [2.05, 4.69) is 20.8 Å². The topological polar surface area (TPSA) is 0 Å². The molecule has 2 fully saturated rings. The van der Waals surface area contributed by atoms with Gasteiger partial charge in [0.1, 0.15) is 7.28 Å². The molecule has 0 aromatic rings. The van der Waals surface area contributed by atoms with Crippen LogP contribution in [0, 0.1) is 0 Å². The summed E-state index contributed by atoms with van der Waals surface area (Å²) in [5.74, 6) is 0.920. The van der Waals surface area contributed by atoms with E-state index in [4.69, 9.17) is 0 Å². The molecule has 2 heterocycles. The minimum Gasteiger partial charge on any atom is -0.100 e. The number of hydrogen-bond acceptors (Lipinski definition) is 0. The predicted molar refractivity (Wildman–Crippen MR) is 87.0 cm³/mol. The van der Waals surface area contributed by atoms with E-state index in [0.29, 0.717) is 5.31 Å². The molecule has 0 N–H and O–H groups in total. The molecule has 0 unspecified atom stereocenters. The van der Waals surface area contributed by atoms with Crippen LogP contribution in [0.4, 0.5) is 0 Å². The Hall–Kier alpha value is -0.195. The third-order valence-corrected chi connectivity index (χ3v) is 5.49. The lowest BCUT2D eigenvalue weighted by Crippen LogP contribution is -2.33. The lowest BCUT2D eigenvalue weighted by atomic mass is 9.34. The van der Waals surface area contributed by atoms with Crippen molar-refractivity contribution in [2.24, 2.45) is 0 Å². The van der Waals surface area contributed by atoms with Crippen LogP contribution < -0.4 is 0 Å². The molecule has 0 aromatic carbocycles. The van der Waals surface area contributed by atoms with E-state index < -0.39 is 0 Å². The third-order valence-electron chi connectivity index (χ3n) is 5.49. The highest BCUT2D eigenvalue weighted by atomic mass is 14.4. The summed E-state index contributed by atoms with van der Waals surface area (Å²) >= 11 is 0. The SMILES string of the molecule is C=C(CCCCCCCC)C12[B]C(CCC1)CCC2. The zero-order chi connectivity index (χ0) is 13.6. The summed E-state index contributed by atoms with van der Waals surface area (Å²) in [6.45, 7) is 6.78. The summed E-state index contributed by atoms with van der Waals surface area (Å²) in [7, 11) is 2.71. The quantitative estimate of drug-likeness (QED) is 0.272. The first kappa shape index (κ1) is 15.2. The summed E-state index contributed by atoms with van der Waals surface area (Å²) in [6, 6.07) is 0. The summed E-state index contributed by atoms with van der Waals surface area (Å²) in [5, 5.41) is 0.463. The maximum absolute atomic E-state index is 4.49. The Bertz CT molecular complexity index is 271. The molecule has 2 aliphatic rings. The minimum atomic E-state index is 0.463. The van der Waals surface area contributed by atoms with Crippen molar-refractivity contribution < 1.29 is 0 Å². The highest BCUT2D eigenvalue weighted by Crippen LogP contribution is 2.56. The lowest BCUT2D eigenvalue weighted by Gasteiger charge is -2.46. The van der Waals surface area contributed by atoms with Gasteiger partial charge in [-0.3, -0.25) is 0 Å². The molecule has 0 aromatic heterocycles. The zero-order valence-electron chi connectivity index (χ0n) is 13.1. The molecule has 2 rings (SSSR count). The summed E-state index contributed by atoms with van der Waals surface area (Å²) in [6.07, 6.45) is 18.3. The third kappa shape index (κ3) is 4.13. The van der Waals surface area contributed by atoms with Crippen molar-refractivity contribution in [2.75, 3.05) is 0 Å². The van der Waals surface area contributed by atoms with Crippen molar-refractivity contribution in [1.82, 2.24) is 0 Å². The van der Waals surface area contributed by atoms with Gasteiger partial charge in [-0.05, 0) is 18.2 Å². The van der Waals surface area contributed by atoms with Crippen LogP contribution in [0.15, 0.2) is 12.2 Å². The second kappa shape index (κ2) is 7.55. The molecule has 0 saturated carbocycles. The van der Waals surface area contributed by atoms with E-state index in [-0.39, 0.29) is 0 Å². The van der Waals surface area contributed by atoms with Gasteiger partial charge in [-0.2, -0.15) is 0 Å². The van der Waals surface area contributed by atoms with Crippen LogP contribution in [0.5, 0.6) is 0 Å². The van der Waals surface area contributed by atoms with E-state index in [9.17, 15) is 0 Å². The van der Waals surface area contributed by atoms with Crippen LogP contribution in [0.3, 0.4) is 0 Å². The van der Waals surface area contributed by atoms with Crippen molar-refractivity contribution in [3.8, 4) is 0 Å². The van der Waals surface area contributed by atoms with Gasteiger partial charge in [0, 0.05) is 0 Å². The van der Waals surface area contributed by atoms with Crippen LogP contribution in [0.25, 0.3) is 0 Å². The first-order valence-electron chi connectivity index (χ1n) is 8.81. The van der Waals surface area contributed by atoms with Gasteiger partial charge in [0.15, 0.2) is 0 Å². The Kier molecular flexibility index (Phi) is 6.04. The number of rotatable bonds is 8. The Morgan fingerprint density at radius 1 is 1.05 bits per heavy atom. The smallest absolute Gasteiger partial charge is 0.100 e. The lowest BCUT2D eigenvalue weighted by molar-refractivity contribution is 0.377. The Morgan fingerprint density at radius 3 is 2.37 bits per heavy atom. The number of fused-ring (bicyclic) bond motifs is 2. The van der Waals surface area contributed by atoms with Crippen molar-refractivity contribution in [3.63, 3.8) is 0 Å². The number of unbranched alkanes of at least 4 members (excludes halogenated alkanes) is 5. The Morgan fingerprint density at radius 2 is 1.68 bits per heavy atom. The summed E-state index contributed by atoms with van der Waals surface area (Å²) in [4.78, 5) is 0. The van der Waals surface area contributed by atoms with Crippen LogP contribution in [0.1, 0.15) is 90.4 Å². The van der Waals surface area contributed by atoms with E-state index in [1.807, 2.05) is 0 Å². The van der Waals surface area contributed by atoms with Crippen molar-refractivity contribution in [3.05, 3.63) is 12.2 Å². The fourth-order valence-corrected chi connectivity index (χ4v) is 4.25. The highest BCUT2D eigenvalue weighted by Gasteiger charge is 2.41. The van der Waals surface area contributed by atoms with Gasteiger partial charge in [-0.15, -0.1) is 6.58 Å². The largest absolute Gasteiger partial charge is 0.127 e. The van der Waals surface area contributed by atoms with Gasteiger partial charge >= 0.3 is 0 Å². The van der Waals surface area contributed by atoms with Crippen molar-refractivity contribution in [1.29, 1.82) is 0 Å². The van der Waals surface area contributed by atoms with E-state index in [1.54, 1.807) is 5.57 Å². The maximum atomic E-state index is 4.49. The first-order valence-corrected chi connectivity index (χ1v) is 8.81. The molecule has 2 bridgehead atoms. The Balaban J connectivity index is 1.70. The molecule has 0 amide bonds. The van der Waals surface area contributed by atoms with Gasteiger partial charge < -0.3 is 0 Å². The molecule has 0 nitrogen and oxygen atoms in total. The number of hydrogen-bond donors (Lipinski definition) is 0. The zero-order valence-corrected chi connectivity index (χ0v) is 13.1. The van der Waals surface area contributed by atoms with Crippen molar-refractivity contribution >= 4 is 7.28 Å². The van der Waals surface area contributed by atoms with Crippen LogP contribution >= 0.6 is 0 Å². The molecule has 1 heteroatoms. The minimum absolute atomic E-state index is 0.463. The fraction of sp³-hybridized carbons (Fsp3) is 0.889. The van der Waals surface area contributed by atoms with Crippen LogP contribution in [-0.2, 0) is 0 Å². The predicted octanol–water partition coefficient (Wildman–Crippen LogP) is 6.31. The second-order valence-corrected chi connectivity index (χ2v) is 6.99. The molecule has 0 spiro atoms. The van der Waals surface area contributed by atoms with Crippen LogP contribution in [-0.4, -0.2) is 7.28 Å². The molecule has 0 aliphatic carbocycles. The highest BCUT2D eigenvalue weighted by molar-refractivity contribution is 6.44. The molecule has 19 heavy (non-hydrogen) atoms. The van der Waals surface area contributed by atoms with Gasteiger partial charge in [0.2, 0.25) is 0 Å². The van der Waals surface area contributed by atoms with E-state index in [1.165, 1.54) is 83.5 Å². The molecule has 0 atom stereocenters. The second-order valence-electron chi connectivity index (χ2n) is 6.99. The normalized spacial score (nSPS) is 29.8. The average molecular weight is 259 g/mol. The van der Waals surface area contributed by atoms with Gasteiger partial charge in [-0.1, -0.05) is 88.9 Å². The molecule has 2 saturated heterocycles. The summed E-state index contributed by atoms with van der Waals surface area (Å²) < 4.78 is 0. The van der Waals surface area contributed by atoms with Crippen molar-refractivity contribution in [2.45, 2.75) is 102 Å². The fourth-order valence-electron chi connectivity index (χ4n) is 4.25. The molecule has 2 aliphatic heterocycles. The average Bonchev–Trinajstić information content (AvgIpc) is 2.42. The Labute approximate surface area is 121 Å². The first-order chi connectivity index (χ1) is 9.27. The van der Waals surface area contributed by atoms with Gasteiger partial charge in [0.25, 0.3) is 0 Å². The standard InChI is InChI=1S/C18H32B/c1-3-4-5-6-7-8-11-16(2)18-14-9-12-17(19-18)13-10-15-18/h17H,2-15H2,1H3. The molecular formula is C18H32B. The van der Waals surface area contributed by atoms with E-state index in [0.717, 1.165) is 5.82 Å². The molecular weight excluding hydrogens is 227 g/mol. The maximum Gasteiger partial charge on any atom is 0.127 e. The van der Waals surface area contributed by atoms with Gasteiger partial charge in [0.05, 0.1) is 0 Å². The molecule has 107 valence electrons. The monoisotopic (exact) mass is 259 g/mol. The summed E-state index contributed by atoms with van der Waals surface area (Å²) in [5.41, 5.74) is 1.58. The van der Waals surface area contributed by atoms with Gasteiger partial charge in [-0.25, -0.2) is 0 Å².